The molecule has 0 aromatic heterocycles. The van der Waals surface area contributed by atoms with Gasteiger partial charge in [0.1, 0.15) is 0 Å². The van der Waals surface area contributed by atoms with E-state index < -0.39 is 10.0 Å². The molecule has 136 valence electrons. The lowest BCUT2D eigenvalue weighted by molar-refractivity contribution is -0.116. The first-order valence-corrected chi connectivity index (χ1v) is 10.6. The van der Waals surface area contributed by atoms with Crippen molar-refractivity contribution in [2.75, 3.05) is 31.1 Å². The maximum absolute atomic E-state index is 12.8. The van der Waals surface area contributed by atoms with Crippen molar-refractivity contribution in [1.82, 2.24) is 9.62 Å². The Labute approximate surface area is 149 Å². The summed E-state index contributed by atoms with van der Waals surface area (Å²) >= 11 is 0. The number of rotatable bonds is 5. The first-order chi connectivity index (χ1) is 11.9. The Morgan fingerprint density at radius 1 is 1.24 bits per heavy atom. The number of carbonyl (C=O) groups is 1. The highest BCUT2D eigenvalue weighted by Gasteiger charge is 2.32. The van der Waals surface area contributed by atoms with E-state index in [1.807, 2.05) is 6.07 Å². The summed E-state index contributed by atoms with van der Waals surface area (Å²) in [7, 11) is -3.57. The van der Waals surface area contributed by atoms with Gasteiger partial charge in [-0.2, -0.15) is 0 Å². The van der Waals surface area contributed by atoms with Crippen molar-refractivity contribution in [2.24, 2.45) is 5.92 Å². The van der Waals surface area contributed by atoms with E-state index in [0.29, 0.717) is 6.54 Å². The first kappa shape index (κ1) is 17.0. The molecule has 1 saturated heterocycles. The van der Waals surface area contributed by atoms with Crippen LogP contribution in [0.3, 0.4) is 0 Å². The maximum Gasteiger partial charge on any atom is 0.240 e. The Balaban J connectivity index is 1.47. The maximum atomic E-state index is 12.8. The van der Waals surface area contributed by atoms with Crippen molar-refractivity contribution >= 4 is 21.6 Å². The average Bonchev–Trinajstić information content (AvgIpc) is 3.09. The zero-order valence-corrected chi connectivity index (χ0v) is 15.4. The van der Waals surface area contributed by atoms with Crippen LogP contribution in [0.5, 0.6) is 0 Å². The van der Waals surface area contributed by atoms with E-state index >= 15 is 0 Å². The van der Waals surface area contributed by atoms with Gasteiger partial charge < -0.3 is 9.80 Å². The minimum atomic E-state index is -3.57. The number of nitrogens with zero attached hydrogens (tertiary/aromatic N) is 2. The van der Waals surface area contributed by atoms with Gasteiger partial charge in [0, 0.05) is 38.3 Å². The third-order valence-corrected chi connectivity index (χ3v) is 6.97. The van der Waals surface area contributed by atoms with E-state index in [0.717, 1.165) is 49.6 Å². The van der Waals surface area contributed by atoms with Gasteiger partial charge >= 0.3 is 0 Å². The van der Waals surface area contributed by atoms with E-state index in [1.54, 1.807) is 17.0 Å². The minimum absolute atomic E-state index is 0.0269. The molecule has 1 saturated carbocycles. The van der Waals surface area contributed by atoms with E-state index in [9.17, 15) is 13.2 Å². The number of nitrogens with one attached hydrogen (secondary N) is 1. The Bertz CT molecular complexity index is 789. The van der Waals surface area contributed by atoms with Gasteiger partial charge in [-0.1, -0.05) is 6.07 Å². The second-order valence-electron chi connectivity index (χ2n) is 7.52. The van der Waals surface area contributed by atoms with Crippen LogP contribution in [-0.4, -0.2) is 51.4 Å². The van der Waals surface area contributed by atoms with Crippen LogP contribution < -0.4 is 9.62 Å². The number of fused-ring (bicyclic) bond motifs is 1. The van der Waals surface area contributed by atoms with E-state index in [4.69, 9.17) is 0 Å². The summed E-state index contributed by atoms with van der Waals surface area (Å²) in [6.07, 6.45) is 4.27. The molecule has 7 heteroatoms. The van der Waals surface area contributed by atoms with Crippen molar-refractivity contribution in [3.8, 4) is 0 Å². The number of carbonyl (C=O) groups excluding carboxylic acids is 1. The van der Waals surface area contributed by atoms with Crippen LogP contribution in [0.1, 0.15) is 31.7 Å². The van der Waals surface area contributed by atoms with E-state index in [-0.39, 0.29) is 16.8 Å². The lowest BCUT2D eigenvalue weighted by Crippen LogP contribution is -2.37. The predicted octanol–water partition coefficient (Wildman–Crippen LogP) is 1.36. The fraction of sp³-hybridized carbons (Fsp3) is 0.611. The fourth-order valence-electron chi connectivity index (χ4n) is 3.90. The third kappa shape index (κ3) is 3.59. The molecule has 1 unspecified atom stereocenters. The van der Waals surface area contributed by atoms with Crippen LogP contribution in [0.2, 0.25) is 0 Å². The highest BCUT2D eigenvalue weighted by Crippen LogP contribution is 2.32. The smallest absolute Gasteiger partial charge is 0.240 e. The van der Waals surface area contributed by atoms with Gasteiger partial charge in [-0.05, 0) is 55.8 Å². The zero-order chi connectivity index (χ0) is 17.6. The van der Waals surface area contributed by atoms with Crippen molar-refractivity contribution < 1.29 is 13.2 Å². The Morgan fingerprint density at radius 2 is 2.04 bits per heavy atom. The lowest BCUT2D eigenvalue weighted by Gasteiger charge is -2.18. The monoisotopic (exact) mass is 363 g/mol. The van der Waals surface area contributed by atoms with Crippen LogP contribution in [0, 0.1) is 5.92 Å². The van der Waals surface area contributed by atoms with Crippen LogP contribution in [-0.2, 0) is 21.2 Å². The summed E-state index contributed by atoms with van der Waals surface area (Å²) in [4.78, 5) is 16.0. The molecule has 1 aromatic carbocycles. The van der Waals surface area contributed by atoms with Crippen molar-refractivity contribution in [2.45, 2.75) is 43.5 Å². The van der Waals surface area contributed by atoms with Gasteiger partial charge in [-0.15, -0.1) is 0 Å². The molecular formula is C18H25N3O3S. The number of anilines is 1. The lowest BCUT2D eigenvalue weighted by atomic mass is 10.2. The molecule has 2 fully saturated rings. The molecule has 2 aliphatic heterocycles. The normalized spacial score (nSPS) is 23.9. The molecule has 0 radical (unpaired) electrons. The van der Waals surface area contributed by atoms with Crippen LogP contribution >= 0.6 is 0 Å². The van der Waals surface area contributed by atoms with Crippen molar-refractivity contribution in [3.63, 3.8) is 0 Å². The summed E-state index contributed by atoms with van der Waals surface area (Å²) < 4.78 is 28.4. The largest absolute Gasteiger partial charge is 0.312 e. The van der Waals surface area contributed by atoms with Gasteiger partial charge in [0.15, 0.2) is 0 Å². The number of sulfonamides is 1. The van der Waals surface area contributed by atoms with Crippen molar-refractivity contribution in [1.29, 1.82) is 0 Å². The number of hydrogen-bond acceptors (Lipinski definition) is 4. The quantitative estimate of drug-likeness (QED) is 0.858. The second-order valence-corrected chi connectivity index (χ2v) is 9.23. The fourth-order valence-corrected chi connectivity index (χ4v) is 5.18. The van der Waals surface area contributed by atoms with Gasteiger partial charge in [0.2, 0.25) is 15.9 Å². The molecule has 0 spiro atoms. The molecule has 1 aliphatic carbocycles. The van der Waals surface area contributed by atoms with Crippen molar-refractivity contribution in [3.05, 3.63) is 23.8 Å². The van der Waals surface area contributed by atoms with Gasteiger partial charge in [-0.3, -0.25) is 4.79 Å². The summed E-state index contributed by atoms with van der Waals surface area (Å²) in [5.74, 6) is 0.775. The van der Waals surface area contributed by atoms with Gasteiger partial charge in [0.05, 0.1) is 4.90 Å². The minimum Gasteiger partial charge on any atom is -0.312 e. The molecule has 25 heavy (non-hydrogen) atoms. The average molecular weight is 363 g/mol. The molecule has 1 atom stereocenters. The summed E-state index contributed by atoms with van der Waals surface area (Å²) in [5.41, 5.74) is 1.77. The number of hydrogen-bond donors (Lipinski definition) is 1. The van der Waals surface area contributed by atoms with Gasteiger partial charge in [0.25, 0.3) is 0 Å². The highest BCUT2D eigenvalue weighted by molar-refractivity contribution is 7.89. The molecule has 1 N–H and O–H groups in total. The molecule has 6 nitrogen and oxygen atoms in total. The topological polar surface area (TPSA) is 69.7 Å². The Hall–Kier alpha value is -1.44. The SMILES string of the molecule is CC(=O)N1CCc2ccc(S(=O)(=O)NC3CCN(CC4CC4)C3)cc21. The first-order valence-electron chi connectivity index (χ1n) is 9.08. The van der Waals surface area contributed by atoms with Crippen LogP contribution in [0.25, 0.3) is 0 Å². The molecule has 4 rings (SSSR count). The molecule has 3 aliphatic rings. The van der Waals surface area contributed by atoms with E-state index in [2.05, 4.69) is 9.62 Å². The highest BCUT2D eigenvalue weighted by atomic mass is 32.2. The van der Waals surface area contributed by atoms with Crippen LogP contribution in [0.15, 0.2) is 23.1 Å². The standard InChI is InChI=1S/C18H25N3O3S/c1-13(22)21-9-6-15-4-5-17(10-18(15)21)25(23,24)19-16-7-8-20(12-16)11-14-2-3-14/h4-5,10,14,16,19H,2-3,6-9,11-12H2,1H3. The van der Waals surface area contributed by atoms with E-state index in [1.165, 1.54) is 19.8 Å². The molecular weight excluding hydrogens is 338 g/mol. The predicted molar refractivity (Wildman–Crippen MR) is 96.1 cm³/mol. The van der Waals surface area contributed by atoms with Gasteiger partial charge in [-0.25, -0.2) is 13.1 Å². The Kier molecular flexibility index (Phi) is 4.33. The summed E-state index contributed by atoms with van der Waals surface area (Å²) in [6, 6.07) is 5.10. The van der Waals surface area contributed by atoms with Crippen LogP contribution in [0.4, 0.5) is 5.69 Å². The Morgan fingerprint density at radius 3 is 2.76 bits per heavy atom. The molecule has 1 aromatic rings. The zero-order valence-electron chi connectivity index (χ0n) is 14.6. The summed E-state index contributed by atoms with van der Waals surface area (Å²) in [5, 5.41) is 0. The third-order valence-electron chi connectivity index (χ3n) is 5.45. The number of likely N-dealkylation sites (tertiary alicyclic amines) is 1. The number of amides is 1. The second kappa shape index (κ2) is 6.37. The number of benzene rings is 1. The molecule has 2 heterocycles. The summed E-state index contributed by atoms with van der Waals surface area (Å²) in [6.45, 7) is 5.00. The molecule has 1 amide bonds. The molecule has 0 bridgehead atoms.